The van der Waals surface area contributed by atoms with Gasteiger partial charge in [0.05, 0.1) is 7.11 Å². The van der Waals surface area contributed by atoms with Gasteiger partial charge in [-0.15, -0.1) is 11.3 Å². The van der Waals surface area contributed by atoms with Gasteiger partial charge in [0.15, 0.2) is 0 Å². The van der Waals surface area contributed by atoms with E-state index in [9.17, 15) is 5.11 Å². The molecule has 0 bridgehead atoms. The average molecular weight is 248 g/mol. The fraction of sp³-hybridized carbons (Fsp3) is 0.286. The van der Waals surface area contributed by atoms with E-state index in [1.807, 2.05) is 31.2 Å². The molecule has 0 aliphatic heterocycles. The predicted octanol–water partition coefficient (Wildman–Crippen LogP) is 4.00. The Hall–Kier alpha value is -1.48. The van der Waals surface area contributed by atoms with Crippen molar-refractivity contribution in [2.75, 3.05) is 7.11 Å². The fourth-order valence-electron chi connectivity index (χ4n) is 1.82. The minimum Gasteiger partial charge on any atom is -0.506 e. The molecule has 0 amide bonds. The molecule has 1 heterocycles. The molecular formula is C14H16O2S. The molecule has 0 saturated heterocycles. The highest BCUT2D eigenvalue weighted by Gasteiger charge is 2.14. The van der Waals surface area contributed by atoms with Crippen molar-refractivity contribution in [1.82, 2.24) is 0 Å². The molecule has 2 nitrogen and oxygen atoms in total. The lowest BCUT2D eigenvalue weighted by Crippen LogP contribution is -1.82. The van der Waals surface area contributed by atoms with Gasteiger partial charge in [0.25, 0.3) is 0 Å². The van der Waals surface area contributed by atoms with E-state index in [-0.39, 0.29) is 0 Å². The Bertz CT molecular complexity index is 512. The zero-order chi connectivity index (χ0) is 12.4. The second kappa shape index (κ2) is 4.80. The molecule has 0 aliphatic rings. The van der Waals surface area contributed by atoms with E-state index >= 15 is 0 Å². The molecule has 17 heavy (non-hydrogen) atoms. The summed E-state index contributed by atoms with van der Waals surface area (Å²) >= 11 is 1.66. The van der Waals surface area contributed by atoms with Crippen LogP contribution in [0.15, 0.2) is 24.3 Å². The number of rotatable bonds is 3. The molecule has 1 N–H and O–H groups in total. The van der Waals surface area contributed by atoms with Crippen LogP contribution in [0.4, 0.5) is 0 Å². The molecule has 0 spiro atoms. The Labute approximate surface area is 105 Å². The zero-order valence-electron chi connectivity index (χ0n) is 10.3. The third-order valence-corrected chi connectivity index (χ3v) is 4.33. The van der Waals surface area contributed by atoms with Gasteiger partial charge < -0.3 is 9.84 Å². The van der Waals surface area contributed by atoms with E-state index in [2.05, 4.69) is 6.92 Å². The van der Waals surface area contributed by atoms with Crippen molar-refractivity contribution in [1.29, 1.82) is 0 Å². The smallest absolute Gasteiger partial charge is 0.132 e. The maximum atomic E-state index is 9.97. The van der Waals surface area contributed by atoms with Crippen molar-refractivity contribution in [2.24, 2.45) is 0 Å². The Balaban J connectivity index is 2.45. The summed E-state index contributed by atoms with van der Waals surface area (Å²) in [7, 11) is 1.66. The first kappa shape index (κ1) is 12.0. The Morgan fingerprint density at radius 1 is 1.24 bits per heavy atom. The van der Waals surface area contributed by atoms with Crippen LogP contribution in [0, 0.1) is 6.92 Å². The molecule has 1 aromatic carbocycles. The Kier molecular flexibility index (Phi) is 3.38. The molecule has 2 rings (SSSR count). The van der Waals surface area contributed by atoms with Gasteiger partial charge >= 0.3 is 0 Å². The van der Waals surface area contributed by atoms with Crippen LogP contribution in [-0.2, 0) is 6.42 Å². The van der Waals surface area contributed by atoms with E-state index in [0.29, 0.717) is 5.75 Å². The highest BCUT2D eigenvalue weighted by atomic mass is 32.1. The second-order valence-electron chi connectivity index (χ2n) is 3.91. The lowest BCUT2D eigenvalue weighted by Gasteiger charge is -2.02. The number of aromatic hydroxyl groups is 1. The molecule has 3 heteroatoms. The molecule has 2 aromatic rings. The topological polar surface area (TPSA) is 29.5 Å². The number of benzene rings is 1. The van der Waals surface area contributed by atoms with Gasteiger partial charge in [0, 0.05) is 15.3 Å². The molecule has 0 aliphatic carbocycles. The van der Waals surface area contributed by atoms with Crippen LogP contribution in [0.5, 0.6) is 11.5 Å². The van der Waals surface area contributed by atoms with Gasteiger partial charge in [-0.2, -0.15) is 0 Å². The second-order valence-corrected chi connectivity index (χ2v) is 5.02. The van der Waals surface area contributed by atoms with E-state index in [1.54, 1.807) is 18.4 Å². The summed E-state index contributed by atoms with van der Waals surface area (Å²) in [5, 5.41) is 9.97. The number of thiophene rings is 1. The first-order chi connectivity index (χ1) is 8.17. The summed E-state index contributed by atoms with van der Waals surface area (Å²) in [6.45, 7) is 4.02. The minimum absolute atomic E-state index is 0.448. The summed E-state index contributed by atoms with van der Waals surface area (Å²) in [6, 6.07) is 7.93. The normalized spacial score (nSPS) is 10.5. The first-order valence-electron chi connectivity index (χ1n) is 5.63. The molecule has 0 fully saturated rings. The fourth-order valence-corrected chi connectivity index (χ4v) is 2.97. The number of aryl methyl sites for hydroxylation is 1. The summed E-state index contributed by atoms with van der Waals surface area (Å²) in [5.41, 5.74) is 2.10. The van der Waals surface area contributed by atoms with Crippen molar-refractivity contribution in [3.63, 3.8) is 0 Å². The molecular weight excluding hydrogens is 232 g/mol. The quantitative estimate of drug-likeness (QED) is 0.889. The van der Waals surface area contributed by atoms with Crippen LogP contribution in [-0.4, -0.2) is 12.2 Å². The van der Waals surface area contributed by atoms with Gasteiger partial charge in [-0.25, -0.2) is 0 Å². The van der Waals surface area contributed by atoms with Crippen LogP contribution >= 0.6 is 11.3 Å². The van der Waals surface area contributed by atoms with E-state index in [1.165, 1.54) is 0 Å². The molecule has 0 saturated carbocycles. The van der Waals surface area contributed by atoms with Crippen molar-refractivity contribution in [3.05, 3.63) is 34.7 Å². The molecule has 1 aromatic heterocycles. The van der Waals surface area contributed by atoms with Gasteiger partial charge in [-0.1, -0.05) is 6.92 Å². The predicted molar refractivity (Wildman–Crippen MR) is 72.1 cm³/mol. The van der Waals surface area contributed by atoms with Crippen LogP contribution in [0.1, 0.15) is 17.4 Å². The highest BCUT2D eigenvalue weighted by molar-refractivity contribution is 7.16. The Morgan fingerprint density at radius 3 is 2.35 bits per heavy atom. The summed E-state index contributed by atoms with van der Waals surface area (Å²) in [5.74, 6) is 1.30. The summed E-state index contributed by atoms with van der Waals surface area (Å²) < 4.78 is 5.14. The number of hydrogen-bond acceptors (Lipinski definition) is 3. The van der Waals surface area contributed by atoms with Crippen molar-refractivity contribution >= 4 is 11.3 Å². The lowest BCUT2D eigenvalue weighted by atomic mass is 10.1. The van der Waals surface area contributed by atoms with Gasteiger partial charge in [-0.3, -0.25) is 0 Å². The van der Waals surface area contributed by atoms with Gasteiger partial charge in [0.1, 0.15) is 11.5 Å². The lowest BCUT2D eigenvalue weighted by molar-refractivity contribution is 0.415. The minimum atomic E-state index is 0.448. The van der Waals surface area contributed by atoms with Crippen LogP contribution < -0.4 is 4.74 Å². The van der Waals surface area contributed by atoms with Gasteiger partial charge in [-0.05, 0) is 43.2 Å². The van der Waals surface area contributed by atoms with Gasteiger partial charge in [0.2, 0.25) is 0 Å². The maximum absolute atomic E-state index is 9.97. The first-order valence-corrected chi connectivity index (χ1v) is 6.44. The van der Waals surface area contributed by atoms with Crippen LogP contribution in [0.25, 0.3) is 10.4 Å². The third kappa shape index (κ3) is 2.15. The maximum Gasteiger partial charge on any atom is 0.132 e. The highest BCUT2D eigenvalue weighted by Crippen LogP contribution is 2.40. The third-order valence-electron chi connectivity index (χ3n) is 2.86. The molecule has 90 valence electrons. The Morgan fingerprint density at radius 2 is 1.88 bits per heavy atom. The SMILES string of the molecule is CCc1sc(-c2ccc(OC)cc2)c(C)c1O. The molecule has 0 radical (unpaired) electrons. The molecule has 0 atom stereocenters. The van der Waals surface area contributed by atoms with Crippen LogP contribution in [0.3, 0.4) is 0 Å². The van der Waals surface area contributed by atoms with E-state index in [0.717, 1.165) is 33.1 Å². The van der Waals surface area contributed by atoms with E-state index < -0.39 is 0 Å². The van der Waals surface area contributed by atoms with Crippen molar-refractivity contribution in [2.45, 2.75) is 20.3 Å². The largest absolute Gasteiger partial charge is 0.506 e. The number of ether oxygens (including phenoxy) is 1. The average Bonchev–Trinajstić information content (AvgIpc) is 2.66. The number of methoxy groups -OCH3 is 1. The van der Waals surface area contributed by atoms with E-state index in [4.69, 9.17) is 4.74 Å². The summed E-state index contributed by atoms with van der Waals surface area (Å²) in [4.78, 5) is 2.19. The summed E-state index contributed by atoms with van der Waals surface area (Å²) in [6.07, 6.45) is 0.869. The van der Waals surface area contributed by atoms with Crippen molar-refractivity contribution < 1.29 is 9.84 Å². The van der Waals surface area contributed by atoms with Crippen molar-refractivity contribution in [3.8, 4) is 21.9 Å². The number of hydrogen-bond donors (Lipinski definition) is 1. The molecule has 0 unspecified atom stereocenters. The monoisotopic (exact) mass is 248 g/mol. The van der Waals surface area contributed by atoms with Crippen LogP contribution in [0.2, 0.25) is 0 Å². The standard InChI is InChI=1S/C14H16O2S/c1-4-12-13(15)9(2)14(17-12)10-5-7-11(16-3)8-6-10/h5-8,15H,4H2,1-3H3. The zero-order valence-corrected chi connectivity index (χ0v) is 11.1.